The third-order valence-electron chi connectivity index (χ3n) is 1.85. The average Bonchev–Trinajstić information content (AvgIpc) is 2.29. The summed E-state index contributed by atoms with van der Waals surface area (Å²) < 4.78 is 32.9. The molecule has 1 rings (SSSR count). The first-order valence-electron chi connectivity index (χ1n) is 4.31. The number of rotatable bonds is 4. The fourth-order valence-electron chi connectivity index (χ4n) is 1.14. The highest BCUT2D eigenvalue weighted by molar-refractivity contribution is 9.10. The Labute approximate surface area is 104 Å². The predicted octanol–water partition coefficient (Wildman–Crippen LogP) is 2.65. The second kappa shape index (κ2) is 5.72. The van der Waals surface area contributed by atoms with Crippen LogP contribution in [0.25, 0.3) is 0 Å². The van der Waals surface area contributed by atoms with Gasteiger partial charge in [0.1, 0.15) is 5.75 Å². The Kier molecular flexibility index (Phi) is 4.56. The second-order valence-electron chi connectivity index (χ2n) is 2.86. The number of ether oxygens (including phenoxy) is 2. The maximum absolute atomic E-state index is 12.1. The van der Waals surface area contributed by atoms with E-state index in [-0.39, 0.29) is 21.3 Å². The van der Waals surface area contributed by atoms with Crippen molar-refractivity contribution < 1.29 is 27.8 Å². The molecule has 0 N–H and O–H groups in total. The van der Waals surface area contributed by atoms with Crippen LogP contribution >= 0.6 is 15.9 Å². The molecule has 0 fully saturated rings. The Balaban J connectivity index is 3.27. The lowest BCUT2D eigenvalue weighted by atomic mass is 10.1. The van der Waals surface area contributed by atoms with Crippen LogP contribution in [0.2, 0.25) is 0 Å². The average molecular weight is 309 g/mol. The van der Waals surface area contributed by atoms with Gasteiger partial charge in [-0.15, -0.1) is 0 Å². The predicted molar refractivity (Wildman–Crippen MR) is 57.5 cm³/mol. The van der Waals surface area contributed by atoms with E-state index in [0.29, 0.717) is 6.29 Å². The van der Waals surface area contributed by atoms with E-state index in [1.54, 1.807) is 0 Å². The molecule has 0 aliphatic rings. The quantitative estimate of drug-likeness (QED) is 0.634. The molecule has 0 unspecified atom stereocenters. The number of esters is 1. The zero-order valence-corrected chi connectivity index (χ0v) is 10.2. The molecule has 0 aliphatic carbocycles. The van der Waals surface area contributed by atoms with Gasteiger partial charge in [-0.25, -0.2) is 4.79 Å². The largest absolute Gasteiger partial charge is 0.465 e. The van der Waals surface area contributed by atoms with Gasteiger partial charge in [-0.3, -0.25) is 4.79 Å². The molecule has 17 heavy (non-hydrogen) atoms. The molecular formula is C10H7BrF2O4. The molecule has 0 radical (unpaired) electrons. The van der Waals surface area contributed by atoms with Gasteiger partial charge in [-0.05, 0) is 28.1 Å². The number of carbonyl (C=O) groups excluding carboxylic acids is 2. The summed E-state index contributed by atoms with van der Waals surface area (Å²) in [4.78, 5) is 22.0. The van der Waals surface area contributed by atoms with Crippen molar-refractivity contribution in [3.63, 3.8) is 0 Å². The summed E-state index contributed by atoms with van der Waals surface area (Å²) in [7, 11) is 1.12. The number of aldehydes is 1. The van der Waals surface area contributed by atoms with Crippen molar-refractivity contribution in [3.8, 4) is 5.75 Å². The van der Waals surface area contributed by atoms with E-state index in [4.69, 9.17) is 0 Å². The first kappa shape index (κ1) is 13.6. The van der Waals surface area contributed by atoms with E-state index in [0.717, 1.165) is 13.2 Å². The minimum absolute atomic E-state index is 0.0188. The molecule has 0 aliphatic heterocycles. The lowest BCUT2D eigenvalue weighted by Gasteiger charge is -2.10. The Morgan fingerprint density at radius 3 is 2.59 bits per heavy atom. The summed E-state index contributed by atoms with van der Waals surface area (Å²) in [5.74, 6) is -1.05. The molecule has 0 aromatic heterocycles. The molecule has 1 aromatic carbocycles. The molecule has 1 aromatic rings. The monoisotopic (exact) mass is 308 g/mol. The van der Waals surface area contributed by atoms with Crippen LogP contribution < -0.4 is 4.74 Å². The number of methoxy groups -OCH3 is 1. The van der Waals surface area contributed by atoms with Crippen molar-refractivity contribution in [1.82, 2.24) is 0 Å². The highest BCUT2D eigenvalue weighted by Crippen LogP contribution is 2.29. The number of carbonyl (C=O) groups is 2. The summed E-state index contributed by atoms with van der Waals surface area (Å²) in [6.07, 6.45) is 0.420. The maximum Gasteiger partial charge on any atom is 0.387 e. The lowest BCUT2D eigenvalue weighted by Crippen LogP contribution is -2.08. The smallest absolute Gasteiger partial charge is 0.387 e. The third kappa shape index (κ3) is 3.23. The minimum atomic E-state index is -3.03. The number of hydrogen-bond donors (Lipinski definition) is 0. The molecule has 0 bridgehead atoms. The lowest BCUT2D eigenvalue weighted by molar-refractivity contribution is -0.0504. The molecule has 0 atom stereocenters. The third-order valence-corrected chi connectivity index (χ3v) is 2.47. The van der Waals surface area contributed by atoms with Crippen LogP contribution in [0, 0.1) is 0 Å². The Morgan fingerprint density at radius 2 is 2.12 bits per heavy atom. The molecule has 0 spiro atoms. The molecule has 0 amide bonds. The van der Waals surface area contributed by atoms with E-state index in [2.05, 4.69) is 25.4 Å². The van der Waals surface area contributed by atoms with Crippen LogP contribution in [-0.2, 0) is 4.74 Å². The highest BCUT2D eigenvalue weighted by atomic mass is 79.9. The Morgan fingerprint density at radius 1 is 1.47 bits per heavy atom. The number of hydrogen-bond acceptors (Lipinski definition) is 4. The van der Waals surface area contributed by atoms with Gasteiger partial charge < -0.3 is 9.47 Å². The summed E-state index contributed by atoms with van der Waals surface area (Å²) in [5.41, 5.74) is -0.119. The van der Waals surface area contributed by atoms with Crippen molar-refractivity contribution in [2.45, 2.75) is 6.61 Å². The summed E-state index contributed by atoms with van der Waals surface area (Å²) in [6, 6.07) is 2.22. The molecule has 92 valence electrons. The van der Waals surface area contributed by atoms with Crippen LogP contribution in [-0.4, -0.2) is 26.0 Å². The maximum atomic E-state index is 12.1. The fourth-order valence-corrected chi connectivity index (χ4v) is 1.59. The zero-order valence-electron chi connectivity index (χ0n) is 8.58. The summed E-state index contributed by atoms with van der Waals surface area (Å²) in [6.45, 7) is -3.03. The minimum Gasteiger partial charge on any atom is -0.465 e. The van der Waals surface area contributed by atoms with E-state index in [1.807, 2.05) is 0 Å². The van der Waals surface area contributed by atoms with Gasteiger partial charge in [0.2, 0.25) is 0 Å². The number of halogens is 3. The summed E-state index contributed by atoms with van der Waals surface area (Å²) in [5, 5.41) is 0. The van der Waals surface area contributed by atoms with E-state index < -0.39 is 12.6 Å². The zero-order chi connectivity index (χ0) is 13.0. The van der Waals surface area contributed by atoms with Gasteiger partial charge in [0.25, 0.3) is 0 Å². The van der Waals surface area contributed by atoms with Crippen molar-refractivity contribution >= 4 is 28.2 Å². The Hall–Kier alpha value is -1.50. The van der Waals surface area contributed by atoms with Crippen LogP contribution in [0.4, 0.5) is 8.78 Å². The van der Waals surface area contributed by atoms with Crippen LogP contribution in [0.15, 0.2) is 16.6 Å². The van der Waals surface area contributed by atoms with Crippen molar-refractivity contribution in [3.05, 3.63) is 27.7 Å². The van der Waals surface area contributed by atoms with Crippen LogP contribution in [0.3, 0.4) is 0 Å². The van der Waals surface area contributed by atoms with E-state index >= 15 is 0 Å². The Bertz CT molecular complexity index is 448. The molecule has 0 saturated carbocycles. The van der Waals surface area contributed by atoms with E-state index in [1.165, 1.54) is 6.07 Å². The van der Waals surface area contributed by atoms with Gasteiger partial charge in [0.05, 0.1) is 17.1 Å². The van der Waals surface area contributed by atoms with Gasteiger partial charge >= 0.3 is 12.6 Å². The molecule has 0 saturated heterocycles. The first-order chi connectivity index (χ1) is 7.99. The van der Waals surface area contributed by atoms with Crippen molar-refractivity contribution in [1.29, 1.82) is 0 Å². The van der Waals surface area contributed by atoms with Gasteiger partial charge in [-0.2, -0.15) is 8.78 Å². The molecule has 4 nitrogen and oxygen atoms in total. The first-order valence-corrected chi connectivity index (χ1v) is 5.10. The van der Waals surface area contributed by atoms with Crippen LogP contribution in [0.1, 0.15) is 20.7 Å². The molecular weight excluding hydrogens is 302 g/mol. The second-order valence-corrected chi connectivity index (χ2v) is 3.71. The normalized spacial score (nSPS) is 10.2. The number of benzene rings is 1. The molecule has 7 heteroatoms. The van der Waals surface area contributed by atoms with Gasteiger partial charge in [0, 0.05) is 5.56 Å². The molecule has 0 heterocycles. The van der Waals surface area contributed by atoms with E-state index in [9.17, 15) is 18.4 Å². The van der Waals surface area contributed by atoms with Gasteiger partial charge in [0.15, 0.2) is 6.29 Å². The van der Waals surface area contributed by atoms with Crippen LogP contribution in [0.5, 0.6) is 5.75 Å². The highest BCUT2D eigenvalue weighted by Gasteiger charge is 2.17. The van der Waals surface area contributed by atoms with Crippen molar-refractivity contribution in [2.24, 2.45) is 0 Å². The number of alkyl halides is 2. The SMILES string of the molecule is COC(=O)c1cc(OC(F)F)c(Br)cc1C=O. The summed E-state index contributed by atoms with van der Waals surface area (Å²) >= 11 is 2.95. The van der Waals surface area contributed by atoms with Gasteiger partial charge in [-0.1, -0.05) is 0 Å². The topological polar surface area (TPSA) is 52.6 Å². The fraction of sp³-hybridized carbons (Fsp3) is 0.200. The van der Waals surface area contributed by atoms with Crippen molar-refractivity contribution in [2.75, 3.05) is 7.11 Å². The standard InChI is InChI=1S/C10H7BrF2O4/c1-16-9(15)6-3-8(17-10(12)13)7(11)2-5(6)4-14/h2-4,10H,1H3.